The molecular formula is C23H28N2O4. The van der Waals surface area contributed by atoms with Crippen molar-refractivity contribution in [3.8, 4) is 0 Å². The van der Waals surface area contributed by atoms with Gasteiger partial charge in [0.2, 0.25) is 5.91 Å². The molecule has 1 aromatic heterocycles. The maximum atomic E-state index is 13.2. The number of oxime groups is 1. The third-order valence-electron chi connectivity index (χ3n) is 5.89. The Balaban J connectivity index is 1.40. The van der Waals surface area contributed by atoms with Crippen LogP contribution < -0.4 is 5.32 Å². The number of nitrogens with zero attached hydrogens (tertiary/aromatic N) is 1. The SMILES string of the molecule is Cc1ccc(C2=NO[C@@H](CC3(C(=O)NCc4ccc(C)o4)CCOCC3)C2)cc1. The molecule has 29 heavy (non-hydrogen) atoms. The monoisotopic (exact) mass is 396 g/mol. The lowest BCUT2D eigenvalue weighted by Crippen LogP contribution is -2.46. The minimum Gasteiger partial charge on any atom is -0.465 e. The van der Waals surface area contributed by atoms with E-state index < -0.39 is 5.41 Å². The van der Waals surface area contributed by atoms with Crippen LogP contribution in [0.4, 0.5) is 0 Å². The molecular weight excluding hydrogens is 368 g/mol. The lowest BCUT2D eigenvalue weighted by Gasteiger charge is -2.36. The van der Waals surface area contributed by atoms with Crippen molar-refractivity contribution >= 4 is 11.6 Å². The second kappa shape index (κ2) is 8.41. The van der Waals surface area contributed by atoms with Gasteiger partial charge < -0.3 is 19.3 Å². The number of carbonyl (C=O) groups is 1. The van der Waals surface area contributed by atoms with Gasteiger partial charge in [-0.05, 0) is 44.4 Å². The molecule has 3 heterocycles. The van der Waals surface area contributed by atoms with Crippen molar-refractivity contribution in [1.29, 1.82) is 0 Å². The van der Waals surface area contributed by atoms with Crippen LogP contribution in [0, 0.1) is 19.3 Å². The number of amides is 1. The first-order chi connectivity index (χ1) is 14.0. The number of hydrogen-bond donors (Lipinski definition) is 1. The first-order valence-electron chi connectivity index (χ1n) is 10.3. The lowest BCUT2D eigenvalue weighted by atomic mass is 9.74. The standard InChI is InChI=1S/C23H28N2O4/c1-16-3-6-18(7-4-16)21-13-20(29-25-21)14-23(9-11-27-12-10-23)22(26)24-15-19-8-5-17(2)28-19/h3-8,20H,9-15H2,1-2H3,(H,24,26)/t20-/m1/s1. The molecule has 2 aromatic rings. The Morgan fingerprint density at radius 3 is 2.59 bits per heavy atom. The van der Waals surface area contributed by atoms with Crippen molar-refractivity contribution in [2.75, 3.05) is 13.2 Å². The number of rotatable bonds is 6. The number of carbonyl (C=O) groups excluding carboxylic acids is 1. The predicted octanol–water partition coefficient (Wildman–Crippen LogP) is 3.89. The smallest absolute Gasteiger partial charge is 0.226 e. The Labute approximate surface area is 171 Å². The fraction of sp³-hybridized carbons (Fsp3) is 0.478. The minimum atomic E-state index is -0.497. The molecule has 1 saturated heterocycles. The Morgan fingerprint density at radius 2 is 1.90 bits per heavy atom. The summed E-state index contributed by atoms with van der Waals surface area (Å²) in [6, 6.07) is 12.1. The Kier molecular flexibility index (Phi) is 5.72. The summed E-state index contributed by atoms with van der Waals surface area (Å²) in [5, 5.41) is 7.37. The first-order valence-corrected chi connectivity index (χ1v) is 10.3. The van der Waals surface area contributed by atoms with Crippen LogP contribution in [0.15, 0.2) is 46.0 Å². The third-order valence-corrected chi connectivity index (χ3v) is 5.89. The average molecular weight is 396 g/mol. The molecule has 0 saturated carbocycles. The Morgan fingerprint density at radius 1 is 1.14 bits per heavy atom. The van der Waals surface area contributed by atoms with Gasteiger partial charge in [0.25, 0.3) is 0 Å². The van der Waals surface area contributed by atoms with Crippen LogP contribution in [0.25, 0.3) is 0 Å². The van der Waals surface area contributed by atoms with Crippen LogP contribution in [0.5, 0.6) is 0 Å². The molecule has 1 fully saturated rings. The second-order valence-electron chi connectivity index (χ2n) is 8.13. The van der Waals surface area contributed by atoms with Crippen LogP contribution in [0.3, 0.4) is 0 Å². The van der Waals surface area contributed by atoms with Gasteiger partial charge in [0.15, 0.2) is 0 Å². The van der Waals surface area contributed by atoms with Gasteiger partial charge in [-0.15, -0.1) is 0 Å². The van der Waals surface area contributed by atoms with E-state index in [1.807, 2.05) is 19.1 Å². The van der Waals surface area contributed by atoms with Crippen molar-refractivity contribution in [2.45, 2.75) is 52.2 Å². The molecule has 1 aromatic carbocycles. The topological polar surface area (TPSA) is 73.1 Å². The molecule has 0 radical (unpaired) electrons. The normalized spacial score (nSPS) is 20.8. The van der Waals surface area contributed by atoms with E-state index in [0.717, 1.165) is 29.2 Å². The van der Waals surface area contributed by atoms with Gasteiger partial charge >= 0.3 is 0 Å². The van der Waals surface area contributed by atoms with Crippen molar-refractivity contribution in [1.82, 2.24) is 5.32 Å². The average Bonchev–Trinajstić information content (AvgIpc) is 3.36. The number of furan rings is 1. The van der Waals surface area contributed by atoms with Gasteiger partial charge in [0.1, 0.15) is 17.6 Å². The van der Waals surface area contributed by atoms with E-state index in [-0.39, 0.29) is 12.0 Å². The summed E-state index contributed by atoms with van der Waals surface area (Å²) in [4.78, 5) is 18.9. The number of aryl methyl sites for hydroxylation is 2. The zero-order chi connectivity index (χ0) is 20.3. The summed E-state index contributed by atoms with van der Waals surface area (Å²) in [7, 11) is 0. The van der Waals surface area contributed by atoms with Gasteiger partial charge in [0.05, 0.1) is 17.7 Å². The summed E-state index contributed by atoms with van der Waals surface area (Å²) in [6.45, 7) is 5.54. The van der Waals surface area contributed by atoms with Gasteiger partial charge in [0, 0.05) is 26.1 Å². The molecule has 0 bridgehead atoms. The zero-order valence-electron chi connectivity index (χ0n) is 17.1. The van der Waals surface area contributed by atoms with Gasteiger partial charge in [-0.2, -0.15) is 0 Å². The second-order valence-corrected chi connectivity index (χ2v) is 8.13. The van der Waals surface area contributed by atoms with Crippen LogP contribution in [-0.4, -0.2) is 30.9 Å². The molecule has 0 spiro atoms. The summed E-state index contributed by atoms with van der Waals surface area (Å²) < 4.78 is 11.1. The lowest BCUT2D eigenvalue weighted by molar-refractivity contribution is -0.140. The molecule has 0 unspecified atom stereocenters. The van der Waals surface area contributed by atoms with Gasteiger partial charge in [-0.1, -0.05) is 35.0 Å². The predicted molar refractivity (Wildman–Crippen MR) is 110 cm³/mol. The maximum Gasteiger partial charge on any atom is 0.226 e. The molecule has 154 valence electrons. The zero-order valence-corrected chi connectivity index (χ0v) is 17.1. The highest BCUT2D eigenvalue weighted by Gasteiger charge is 2.43. The minimum absolute atomic E-state index is 0.0437. The van der Waals surface area contributed by atoms with Crippen LogP contribution in [0.2, 0.25) is 0 Å². The van der Waals surface area contributed by atoms with Crippen molar-refractivity contribution in [2.24, 2.45) is 10.6 Å². The van der Waals surface area contributed by atoms with E-state index >= 15 is 0 Å². The molecule has 4 rings (SSSR count). The van der Waals surface area contributed by atoms with Crippen molar-refractivity contribution in [3.05, 3.63) is 59.0 Å². The van der Waals surface area contributed by atoms with E-state index in [0.29, 0.717) is 39.0 Å². The first kappa shape index (κ1) is 19.7. The Bertz CT molecular complexity index is 879. The molecule has 1 N–H and O–H groups in total. The quantitative estimate of drug-likeness (QED) is 0.804. The van der Waals surface area contributed by atoms with Gasteiger partial charge in [-0.3, -0.25) is 4.79 Å². The molecule has 1 atom stereocenters. The molecule has 2 aliphatic heterocycles. The van der Waals surface area contributed by atoms with Gasteiger partial charge in [-0.25, -0.2) is 0 Å². The van der Waals surface area contributed by atoms with E-state index in [2.05, 4.69) is 41.7 Å². The van der Waals surface area contributed by atoms with Crippen molar-refractivity contribution in [3.63, 3.8) is 0 Å². The van der Waals surface area contributed by atoms with Crippen molar-refractivity contribution < 1.29 is 18.8 Å². The fourth-order valence-corrected chi connectivity index (χ4v) is 4.11. The summed E-state index contributed by atoms with van der Waals surface area (Å²) in [5.74, 6) is 1.65. The fourth-order valence-electron chi connectivity index (χ4n) is 4.11. The number of nitrogens with one attached hydrogen (secondary N) is 1. The largest absolute Gasteiger partial charge is 0.465 e. The summed E-state index contributed by atoms with van der Waals surface area (Å²) in [5.41, 5.74) is 2.75. The maximum absolute atomic E-state index is 13.2. The molecule has 1 amide bonds. The molecule has 6 nitrogen and oxygen atoms in total. The molecule has 2 aliphatic rings. The highest BCUT2D eigenvalue weighted by Crippen LogP contribution is 2.38. The van der Waals surface area contributed by atoms with Crippen LogP contribution >= 0.6 is 0 Å². The van der Waals surface area contributed by atoms with E-state index in [4.69, 9.17) is 14.0 Å². The number of hydrogen-bond acceptors (Lipinski definition) is 5. The summed E-state index contributed by atoms with van der Waals surface area (Å²) in [6.07, 6.45) is 2.64. The van der Waals surface area contributed by atoms with E-state index in [1.54, 1.807) is 0 Å². The van der Waals surface area contributed by atoms with E-state index in [1.165, 1.54) is 5.56 Å². The number of ether oxygens (including phenoxy) is 1. The Hall–Kier alpha value is -2.60. The van der Waals surface area contributed by atoms with Crippen LogP contribution in [-0.2, 0) is 20.9 Å². The highest BCUT2D eigenvalue weighted by molar-refractivity contribution is 6.01. The number of benzene rings is 1. The molecule has 0 aliphatic carbocycles. The van der Waals surface area contributed by atoms with Crippen LogP contribution in [0.1, 0.15) is 48.3 Å². The third kappa shape index (κ3) is 4.53. The van der Waals surface area contributed by atoms with E-state index in [9.17, 15) is 4.79 Å². The molecule has 6 heteroatoms. The summed E-state index contributed by atoms with van der Waals surface area (Å²) >= 11 is 0. The highest BCUT2D eigenvalue weighted by atomic mass is 16.6.